The zero-order valence-electron chi connectivity index (χ0n) is 62.1. The number of aliphatic hydroxyl groups is 1. The number of esters is 10. The van der Waals surface area contributed by atoms with Gasteiger partial charge in [-0.25, -0.2) is 52.8 Å². The smallest absolute Gasteiger partial charge is 0.358 e. The van der Waals surface area contributed by atoms with Gasteiger partial charge in [-0.2, -0.15) is 0 Å². The van der Waals surface area contributed by atoms with Crippen molar-refractivity contribution < 1.29 is 134 Å². The Morgan fingerprint density at radius 1 is 0.491 bits per heavy atom. The van der Waals surface area contributed by atoms with E-state index in [9.17, 15) is 62.6 Å². The number of hydrogen-bond acceptors (Lipinski definition) is 28. The molecule has 6 aliphatic carbocycles. The molecule has 14 atom stereocenters. The van der Waals surface area contributed by atoms with Crippen molar-refractivity contribution in [2.45, 2.75) is 175 Å². The van der Waals surface area contributed by atoms with E-state index in [0.29, 0.717) is 61.5 Å². The van der Waals surface area contributed by atoms with Crippen LogP contribution in [-0.4, -0.2) is 144 Å². The lowest BCUT2D eigenvalue weighted by molar-refractivity contribution is -0.153. The highest BCUT2D eigenvalue weighted by Gasteiger charge is 2.55. The molecule has 18 rings (SSSR count). The SMILES string of the molecule is CC1=CC(O/C=C2/C(=O)OC3C4=C(CC23)C(O)CCC4(C)C)OC1=O.CC1=CC(O/C=C2/C(=O)OC3C4=C(CCCC4)CC23)OC1=O.CC1=CC(O/C=C2/C(=O)OC3CC=CC23)OC1=O.CC1=CC(O/C=C2/C(=O)OC3c4ccccc4CC23)OC1=O.COC(=O)/C(=C/OC1C=C(C)C(=O)O1)N1C(=O)c2ccccc2C1=O. The van der Waals surface area contributed by atoms with Crippen molar-refractivity contribution in [2.24, 2.45) is 29.1 Å². The lowest BCUT2D eigenvalue weighted by Crippen LogP contribution is -2.34. The van der Waals surface area contributed by atoms with E-state index < -0.39 is 90.9 Å². The second kappa shape index (κ2) is 31.3. The molecule has 584 valence electrons. The van der Waals surface area contributed by atoms with Crippen LogP contribution in [0, 0.1) is 29.1 Å². The van der Waals surface area contributed by atoms with Crippen LogP contribution in [0.25, 0.3) is 0 Å². The molecule has 0 bridgehead atoms. The lowest BCUT2D eigenvalue weighted by Gasteiger charge is -2.36. The summed E-state index contributed by atoms with van der Waals surface area (Å²) < 4.78 is 78.1. The quantitative estimate of drug-likeness (QED) is 0.0516. The third-order valence-electron chi connectivity index (χ3n) is 21.9. The standard InChI is InChI=1S/C19H22O6.C17H13NO7.C17H18O5.C17H14O5.C13H12O5/c1-9-6-14(24-17(9)21)23-8-12-10-7-11-13(20)4-5-19(2,3)15(11)16(10)25-18(12)22;1-9-7-13(25-16(9)21)24-8-12(17(22)23-2)18-14(19)10-5-3-4-6-11(10)15(18)20;2*1-9-6-14(21-16(9)18)20-8-13-12-7-10-4-2-3-5-11(10)15(12)22-17(13)19;1-7-5-11(18-12(7)14)16-6-9-8-3-2-4-10(8)17-13(9)15/h6,8,10,13-14,16,20H,4-5,7H2,1-3H3;3-8,13H,1-2H3;6,8,12,14-15H,2-5,7H2,1H3;2-6,8,12,14-15H,7H2,1H3;2-3,5-6,8,10-11H,4H2,1H3/b12-8+;12-8-;2*13-8+;9-6+. The van der Waals surface area contributed by atoms with E-state index >= 15 is 0 Å². The number of rotatable bonds is 12. The number of hydrogen-bond donors (Lipinski definition) is 1. The molecule has 0 aromatic heterocycles. The Hall–Kier alpha value is -12.1. The van der Waals surface area contributed by atoms with Crippen molar-refractivity contribution in [1.82, 2.24) is 4.90 Å². The highest BCUT2D eigenvalue weighted by atomic mass is 16.7. The van der Waals surface area contributed by atoms with Crippen LogP contribution in [0.4, 0.5) is 0 Å². The number of fused-ring (bicyclic) bond motifs is 9. The van der Waals surface area contributed by atoms with E-state index in [1.165, 1.54) is 72.8 Å². The fraction of sp³-hybridized carbons (Fsp3) is 0.398. The molecule has 0 spiro atoms. The normalized spacial score (nSPS) is 31.4. The van der Waals surface area contributed by atoms with Crippen LogP contribution in [0.1, 0.15) is 144 Å². The summed E-state index contributed by atoms with van der Waals surface area (Å²) >= 11 is 0. The molecule has 112 heavy (non-hydrogen) atoms. The van der Waals surface area contributed by atoms with Crippen LogP contribution < -0.4 is 0 Å². The van der Waals surface area contributed by atoms with E-state index in [-0.39, 0.29) is 88.5 Å². The van der Waals surface area contributed by atoms with Crippen molar-refractivity contribution in [3.63, 3.8) is 0 Å². The summed E-state index contributed by atoms with van der Waals surface area (Å²) in [7, 11) is 1.11. The maximum atomic E-state index is 12.5. The van der Waals surface area contributed by atoms with Crippen LogP contribution in [0.15, 0.2) is 201 Å². The molecule has 16 aliphatic rings. The van der Waals surface area contributed by atoms with E-state index in [1.807, 2.05) is 36.4 Å². The Kier molecular flexibility index (Phi) is 21.4. The zero-order chi connectivity index (χ0) is 79.3. The number of allylic oxidation sites excluding steroid dienone is 1. The molecular weight excluding hydrogens is 1460 g/mol. The summed E-state index contributed by atoms with van der Waals surface area (Å²) in [5.74, 6) is -6.03. The summed E-state index contributed by atoms with van der Waals surface area (Å²) in [5, 5.41) is 10.4. The molecule has 4 fully saturated rings. The Morgan fingerprint density at radius 3 is 1.43 bits per heavy atom. The Bertz CT molecular complexity index is 4810. The number of carbonyl (C=O) groups excluding carboxylic acids is 12. The number of imide groups is 1. The van der Waals surface area contributed by atoms with E-state index in [2.05, 4.69) is 18.6 Å². The maximum Gasteiger partial charge on any atom is 0.358 e. The highest BCUT2D eigenvalue weighted by Crippen LogP contribution is 2.56. The Labute approximate surface area is 641 Å². The van der Waals surface area contributed by atoms with Gasteiger partial charge in [-0.15, -0.1) is 0 Å². The minimum Gasteiger partial charge on any atom is -0.464 e. The predicted octanol–water partition coefficient (Wildman–Crippen LogP) is 9.22. The van der Waals surface area contributed by atoms with Gasteiger partial charge < -0.3 is 76.2 Å². The monoisotopic (exact) mass is 1540 g/mol. The van der Waals surface area contributed by atoms with Crippen LogP contribution in [0.2, 0.25) is 0 Å². The van der Waals surface area contributed by atoms with Crippen molar-refractivity contribution in [1.29, 1.82) is 0 Å². The summed E-state index contributed by atoms with van der Waals surface area (Å²) in [6.45, 7) is 12.4. The molecule has 1 N–H and O–H groups in total. The molecule has 2 aromatic carbocycles. The van der Waals surface area contributed by atoms with Gasteiger partial charge in [0.25, 0.3) is 43.3 Å². The molecule has 10 heterocycles. The largest absolute Gasteiger partial charge is 0.464 e. The van der Waals surface area contributed by atoms with Gasteiger partial charge in [0, 0.05) is 88.3 Å². The van der Waals surface area contributed by atoms with Gasteiger partial charge in [-0.05, 0) is 138 Å². The molecule has 2 amide bonds. The second-order valence-corrected chi connectivity index (χ2v) is 29.5. The summed E-state index contributed by atoms with van der Waals surface area (Å²) in [6.07, 6.45) is 21.8. The topological polar surface area (TPSA) is 367 Å². The number of cyclic esters (lactones) is 5. The lowest BCUT2D eigenvalue weighted by atomic mass is 9.71. The van der Waals surface area contributed by atoms with Crippen LogP contribution >= 0.6 is 0 Å². The number of nitrogens with zero attached hydrogens (tertiary/aromatic N) is 1. The number of methoxy groups -OCH3 is 1. The fourth-order valence-electron chi connectivity index (χ4n) is 16.0. The van der Waals surface area contributed by atoms with Crippen molar-refractivity contribution >= 4 is 71.5 Å². The first-order chi connectivity index (χ1) is 53.6. The van der Waals surface area contributed by atoms with E-state index in [4.69, 9.17) is 66.3 Å². The van der Waals surface area contributed by atoms with Crippen molar-refractivity contribution in [2.75, 3.05) is 7.11 Å². The summed E-state index contributed by atoms with van der Waals surface area (Å²) in [6, 6.07) is 14.1. The first kappa shape index (κ1) is 76.6. The van der Waals surface area contributed by atoms with Gasteiger partial charge in [0.2, 0.25) is 0 Å². The first-order valence-corrected chi connectivity index (χ1v) is 36.6. The number of ether oxygens (including phenoxy) is 15. The average molecular weight is 1540 g/mol. The third-order valence-corrected chi connectivity index (χ3v) is 21.9. The molecule has 29 nitrogen and oxygen atoms in total. The number of amides is 2. The maximum absolute atomic E-state index is 12.5. The minimum atomic E-state index is -1.05. The van der Waals surface area contributed by atoms with Gasteiger partial charge in [-0.1, -0.05) is 68.0 Å². The van der Waals surface area contributed by atoms with Gasteiger partial charge in [0.05, 0.1) is 71.7 Å². The second-order valence-electron chi connectivity index (χ2n) is 29.5. The predicted molar refractivity (Wildman–Crippen MR) is 380 cm³/mol. The average Bonchev–Trinajstić information content (AvgIpc) is 1.57. The fourth-order valence-corrected chi connectivity index (χ4v) is 16.0. The van der Waals surface area contributed by atoms with Crippen molar-refractivity contribution in [3.8, 4) is 0 Å². The van der Waals surface area contributed by atoms with E-state index in [1.54, 1.807) is 71.1 Å². The van der Waals surface area contributed by atoms with Gasteiger partial charge in [-0.3, -0.25) is 9.59 Å². The Morgan fingerprint density at radius 2 is 0.929 bits per heavy atom. The third kappa shape index (κ3) is 15.2. The number of benzene rings is 2. The molecule has 29 heteroatoms. The number of carbonyl (C=O) groups is 12. The van der Waals surface area contributed by atoms with Crippen LogP contribution in [0.3, 0.4) is 0 Å². The van der Waals surface area contributed by atoms with E-state index in [0.717, 1.165) is 75.0 Å². The molecule has 0 saturated carbocycles. The molecule has 4 saturated heterocycles. The summed E-state index contributed by atoms with van der Waals surface area (Å²) in [5.41, 5.74) is 11.3. The van der Waals surface area contributed by atoms with Crippen molar-refractivity contribution in [3.05, 3.63) is 223 Å². The van der Waals surface area contributed by atoms with Gasteiger partial charge in [0.1, 0.15) is 30.7 Å². The molecule has 2 aromatic rings. The first-order valence-electron chi connectivity index (χ1n) is 36.6. The van der Waals surface area contributed by atoms with Crippen LogP contribution in [-0.2, 0) is 125 Å². The highest BCUT2D eigenvalue weighted by molar-refractivity contribution is 6.24. The van der Waals surface area contributed by atoms with Gasteiger partial charge >= 0.3 is 59.7 Å². The number of aliphatic hydroxyl groups excluding tert-OH is 1. The molecule has 10 aliphatic heterocycles. The van der Waals surface area contributed by atoms with Gasteiger partial charge in [0.15, 0.2) is 5.70 Å². The molecule has 0 radical (unpaired) electrons. The Balaban J connectivity index is 0.000000117. The summed E-state index contributed by atoms with van der Waals surface area (Å²) in [4.78, 5) is 142. The zero-order valence-corrected chi connectivity index (χ0v) is 62.1. The van der Waals surface area contributed by atoms with Crippen LogP contribution in [0.5, 0.6) is 0 Å². The molecule has 14 unspecified atom stereocenters. The minimum absolute atomic E-state index is 0.0351. The molecular formula is C83H79NO28.